The van der Waals surface area contributed by atoms with Gasteiger partial charge >= 0.3 is 0 Å². The monoisotopic (exact) mass is 302 g/mol. The van der Waals surface area contributed by atoms with E-state index in [1.54, 1.807) is 12.1 Å². The molecule has 1 atom stereocenters. The fourth-order valence-corrected chi connectivity index (χ4v) is 2.56. The van der Waals surface area contributed by atoms with E-state index in [2.05, 4.69) is 35.2 Å². The number of hydrazine groups is 1. The predicted octanol–water partition coefficient (Wildman–Crippen LogP) is 3.40. The summed E-state index contributed by atoms with van der Waals surface area (Å²) in [7, 11) is 0. The minimum Gasteiger partial charge on any atom is -0.271 e. The van der Waals surface area contributed by atoms with E-state index < -0.39 is 0 Å². The van der Waals surface area contributed by atoms with Gasteiger partial charge in [0.2, 0.25) is 0 Å². The molecule has 0 aliphatic heterocycles. The SMILES string of the molecule is CCC(CC)C(Cc1cc(F)ccc1Br)NN. The van der Waals surface area contributed by atoms with Crippen LogP contribution >= 0.6 is 15.9 Å². The topological polar surface area (TPSA) is 38.0 Å². The molecule has 96 valence electrons. The number of benzene rings is 1. The third-order valence-electron chi connectivity index (χ3n) is 3.28. The van der Waals surface area contributed by atoms with Gasteiger partial charge in [-0.15, -0.1) is 0 Å². The number of nitrogens with two attached hydrogens (primary N) is 1. The Morgan fingerprint density at radius 3 is 2.53 bits per heavy atom. The van der Waals surface area contributed by atoms with Crippen LogP contribution in [0.2, 0.25) is 0 Å². The highest BCUT2D eigenvalue weighted by Gasteiger charge is 2.18. The highest BCUT2D eigenvalue weighted by atomic mass is 79.9. The molecule has 3 N–H and O–H groups in total. The van der Waals surface area contributed by atoms with Crippen LogP contribution in [0.1, 0.15) is 32.3 Å². The first-order valence-corrected chi connectivity index (χ1v) is 6.81. The molecule has 0 bridgehead atoms. The number of rotatable bonds is 6. The van der Waals surface area contributed by atoms with Crippen LogP contribution in [0.25, 0.3) is 0 Å². The molecule has 17 heavy (non-hydrogen) atoms. The van der Waals surface area contributed by atoms with Crippen molar-refractivity contribution in [1.29, 1.82) is 0 Å². The van der Waals surface area contributed by atoms with Crippen molar-refractivity contribution in [2.75, 3.05) is 0 Å². The maximum absolute atomic E-state index is 13.2. The fraction of sp³-hybridized carbons (Fsp3) is 0.538. The van der Waals surface area contributed by atoms with Crippen LogP contribution in [0.4, 0.5) is 4.39 Å². The summed E-state index contributed by atoms with van der Waals surface area (Å²) in [5.74, 6) is 5.91. The first-order valence-electron chi connectivity index (χ1n) is 6.02. The molecule has 0 saturated heterocycles. The van der Waals surface area contributed by atoms with Gasteiger partial charge in [-0.1, -0.05) is 42.6 Å². The van der Waals surface area contributed by atoms with Crippen molar-refractivity contribution in [3.63, 3.8) is 0 Å². The van der Waals surface area contributed by atoms with Crippen LogP contribution in [-0.2, 0) is 6.42 Å². The number of hydrogen-bond acceptors (Lipinski definition) is 2. The molecule has 4 heteroatoms. The molecule has 0 amide bonds. The van der Waals surface area contributed by atoms with Gasteiger partial charge < -0.3 is 0 Å². The van der Waals surface area contributed by atoms with Crippen LogP contribution in [0, 0.1) is 11.7 Å². The lowest BCUT2D eigenvalue weighted by atomic mass is 9.90. The lowest BCUT2D eigenvalue weighted by Crippen LogP contribution is -2.42. The Morgan fingerprint density at radius 2 is 2.00 bits per heavy atom. The minimum atomic E-state index is -0.205. The van der Waals surface area contributed by atoms with Crippen LogP contribution in [-0.4, -0.2) is 6.04 Å². The second kappa shape index (κ2) is 7.09. The molecule has 0 fully saturated rings. The molecule has 0 aromatic heterocycles. The normalized spacial score (nSPS) is 13.1. The molecule has 1 aromatic rings. The molecule has 1 aromatic carbocycles. The Labute approximate surface area is 111 Å². The lowest BCUT2D eigenvalue weighted by molar-refractivity contribution is 0.335. The summed E-state index contributed by atoms with van der Waals surface area (Å²) in [6.07, 6.45) is 2.87. The molecule has 0 saturated carbocycles. The smallest absolute Gasteiger partial charge is 0.123 e. The largest absolute Gasteiger partial charge is 0.271 e. The first kappa shape index (κ1) is 14.6. The zero-order valence-corrected chi connectivity index (χ0v) is 11.9. The first-order chi connectivity index (χ1) is 8.12. The molecule has 1 unspecified atom stereocenters. The Balaban J connectivity index is 2.83. The van der Waals surface area contributed by atoms with Gasteiger partial charge in [-0.25, -0.2) is 4.39 Å². The van der Waals surface area contributed by atoms with Gasteiger partial charge in [-0.05, 0) is 36.1 Å². The van der Waals surface area contributed by atoms with Crippen molar-refractivity contribution < 1.29 is 4.39 Å². The van der Waals surface area contributed by atoms with Crippen LogP contribution in [0.3, 0.4) is 0 Å². The Kier molecular flexibility index (Phi) is 6.09. The predicted molar refractivity (Wildman–Crippen MR) is 73.0 cm³/mol. The van der Waals surface area contributed by atoms with Gasteiger partial charge in [-0.3, -0.25) is 11.3 Å². The van der Waals surface area contributed by atoms with Gasteiger partial charge in [0.15, 0.2) is 0 Å². The van der Waals surface area contributed by atoms with E-state index in [9.17, 15) is 4.39 Å². The quantitative estimate of drug-likeness (QED) is 0.624. The van der Waals surface area contributed by atoms with Crippen molar-refractivity contribution in [2.45, 2.75) is 39.2 Å². The lowest BCUT2D eigenvalue weighted by Gasteiger charge is -2.25. The Hall–Kier alpha value is -0.450. The molecular formula is C13H20BrFN2. The van der Waals surface area contributed by atoms with Gasteiger partial charge in [0, 0.05) is 10.5 Å². The summed E-state index contributed by atoms with van der Waals surface area (Å²) in [5.41, 5.74) is 3.81. The van der Waals surface area contributed by atoms with Crippen LogP contribution in [0.5, 0.6) is 0 Å². The third-order valence-corrected chi connectivity index (χ3v) is 4.05. The van der Waals surface area contributed by atoms with Crippen molar-refractivity contribution >= 4 is 15.9 Å². The zero-order chi connectivity index (χ0) is 12.8. The molecule has 2 nitrogen and oxygen atoms in total. The Bertz CT molecular complexity index is 353. The van der Waals surface area contributed by atoms with E-state index in [1.165, 1.54) is 6.07 Å². The number of halogens is 2. The van der Waals surface area contributed by atoms with Crippen LogP contribution in [0.15, 0.2) is 22.7 Å². The van der Waals surface area contributed by atoms with E-state index in [0.717, 1.165) is 29.3 Å². The molecule has 0 heterocycles. The van der Waals surface area contributed by atoms with E-state index in [-0.39, 0.29) is 11.9 Å². The van der Waals surface area contributed by atoms with Gasteiger partial charge in [0.05, 0.1) is 0 Å². The molecule has 1 rings (SSSR count). The van der Waals surface area contributed by atoms with E-state index in [1.807, 2.05) is 0 Å². The van der Waals surface area contributed by atoms with Gasteiger partial charge in [0.25, 0.3) is 0 Å². The maximum Gasteiger partial charge on any atom is 0.123 e. The third kappa shape index (κ3) is 4.05. The van der Waals surface area contributed by atoms with Crippen molar-refractivity contribution in [2.24, 2.45) is 11.8 Å². The second-order valence-corrected chi connectivity index (χ2v) is 5.14. The van der Waals surface area contributed by atoms with Gasteiger partial charge in [-0.2, -0.15) is 0 Å². The maximum atomic E-state index is 13.2. The Morgan fingerprint density at radius 1 is 1.35 bits per heavy atom. The van der Waals surface area contributed by atoms with Crippen molar-refractivity contribution in [3.05, 3.63) is 34.1 Å². The average molecular weight is 303 g/mol. The summed E-state index contributed by atoms with van der Waals surface area (Å²) in [6, 6.07) is 4.94. The standard InChI is InChI=1S/C13H20BrFN2/c1-3-9(4-2)13(17-16)8-10-7-11(15)5-6-12(10)14/h5-7,9,13,17H,3-4,8,16H2,1-2H3. The summed E-state index contributed by atoms with van der Waals surface area (Å²) >= 11 is 3.45. The number of nitrogens with one attached hydrogen (secondary N) is 1. The minimum absolute atomic E-state index is 0.183. The van der Waals surface area contributed by atoms with Crippen molar-refractivity contribution in [3.8, 4) is 0 Å². The van der Waals surface area contributed by atoms with Crippen molar-refractivity contribution in [1.82, 2.24) is 5.43 Å². The average Bonchev–Trinajstić information content (AvgIpc) is 2.33. The molecule has 0 radical (unpaired) electrons. The molecule has 0 aliphatic rings. The zero-order valence-electron chi connectivity index (χ0n) is 10.3. The highest BCUT2D eigenvalue weighted by Crippen LogP contribution is 2.23. The van der Waals surface area contributed by atoms with E-state index >= 15 is 0 Å². The van der Waals surface area contributed by atoms with Crippen LogP contribution < -0.4 is 11.3 Å². The molecule has 0 spiro atoms. The summed E-state index contributed by atoms with van der Waals surface area (Å²) < 4.78 is 14.1. The summed E-state index contributed by atoms with van der Waals surface area (Å²) in [6.45, 7) is 4.30. The second-order valence-electron chi connectivity index (χ2n) is 4.29. The molecule has 0 aliphatic carbocycles. The number of hydrogen-bond donors (Lipinski definition) is 2. The fourth-order valence-electron chi connectivity index (χ4n) is 2.16. The van der Waals surface area contributed by atoms with Gasteiger partial charge in [0.1, 0.15) is 5.82 Å². The van der Waals surface area contributed by atoms with E-state index in [4.69, 9.17) is 5.84 Å². The van der Waals surface area contributed by atoms with E-state index in [0.29, 0.717) is 5.92 Å². The highest BCUT2D eigenvalue weighted by molar-refractivity contribution is 9.10. The summed E-state index contributed by atoms with van der Waals surface area (Å²) in [4.78, 5) is 0. The summed E-state index contributed by atoms with van der Waals surface area (Å²) in [5, 5.41) is 0. The molecular weight excluding hydrogens is 283 g/mol.